The molecule has 32 heavy (non-hydrogen) atoms. The minimum Gasteiger partial charge on any atom is -0.460 e. The van der Waals surface area contributed by atoms with Crippen LogP contribution in [-0.2, 0) is 34.1 Å². The van der Waals surface area contributed by atoms with E-state index in [1.54, 1.807) is 0 Å². The molecule has 1 saturated heterocycles. The molecule has 170 valence electrons. The smallest absolute Gasteiger partial charge is 0.309 e. The molecule has 2 N–H and O–H groups in total. The zero-order chi connectivity index (χ0) is 23.0. The van der Waals surface area contributed by atoms with Crippen LogP contribution in [0, 0.1) is 5.92 Å². The van der Waals surface area contributed by atoms with Gasteiger partial charge in [-0.2, -0.15) is 0 Å². The monoisotopic (exact) mass is 436 g/mol. The van der Waals surface area contributed by atoms with Gasteiger partial charge in [0.15, 0.2) is 0 Å². The predicted octanol–water partition coefficient (Wildman–Crippen LogP) is 4.51. The molecule has 2 atom stereocenters. The average Bonchev–Trinajstić information content (AvgIpc) is 3.18. The normalized spacial score (nSPS) is 16.8. The molecule has 1 aliphatic heterocycles. The summed E-state index contributed by atoms with van der Waals surface area (Å²) >= 11 is 0. The highest BCUT2D eigenvalue weighted by Crippen LogP contribution is 2.20. The molecule has 5 heteroatoms. The molecular weight excluding hydrogens is 404 g/mol. The topological polar surface area (TPSA) is 76.0 Å². The van der Waals surface area contributed by atoms with Gasteiger partial charge >= 0.3 is 5.97 Å². The number of hydrogen-bond acceptors (Lipinski definition) is 5. The van der Waals surface area contributed by atoms with E-state index in [0.29, 0.717) is 13.2 Å². The number of cyclic esters (lactones) is 1. The highest BCUT2D eigenvalue weighted by molar-refractivity contribution is 5.74. The number of esters is 1. The van der Waals surface area contributed by atoms with E-state index in [1.807, 2.05) is 97.9 Å². The summed E-state index contributed by atoms with van der Waals surface area (Å²) in [7, 11) is 0. The van der Waals surface area contributed by atoms with Crippen LogP contribution in [0.2, 0.25) is 0 Å². The summed E-state index contributed by atoms with van der Waals surface area (Å²) in [6, 6.07) is 29.0. The Morgan fingerprint density at radius 3 is 1.56 bits per heavy atom. The number of benzene rings is 3. The largest absolute Gasteiger partial charge is 0.460 e. The van der Waals surface area contributed by atoms with Gasteiger partial charge in [0.1, 0.15) is 6.10 Å². The fraction of sp³-hybridized carbons (Fsp3) is 0.296. The first-order valence-electron chi connectivity index (χ1n) is 10.7. The van der Waals surface area contributed by atoms with Crippen LogP contribution >= 0.6 is 0 Å². The number of aliphatic hydroxyl groups excluding tert-OH is 2. The lowest BCUT2D eigenvalue weighted by molar-refractivity contribution is -0.145. The second-order valence-electron chi connectivity index (χ2n) is 7.48. The van der Waals surface area contributed by atoms with Gasteiger partial charge in [-0.3, -0.25) is 4.79 Å². The fourth-order valence-corrected chi connectivity index (χ4v) is 2.97. The van der Waals surface area contributed by atoms with Gasteiger partial charge in [0.25, 0.3) is 0 Å². The average molecular weight is 437 g/mol. The first-order valence-corrected chi connectivity index (χ1v) is 10.7. The quantitative estimate of drug-likeness (QED) is 0.556. The molecule has 1 heterocycles. The number of rotatable bonds is 6. The molecule has 0 radical (unpaired) electrons. The van der Waals surface area contributed by atoms with Crippen molar-refractivity contribution in [2.45, 2.75) is 39.3 Å². The van der Waals surface area contributed by atoms with Gasteiger partial charge in [0, 0.05) is 0 Å². The van der Waals surface area contributed by atoms with Gasteiger partial charge in [-0.05, 0) is 23.1 Å². The molecule has 0 aromatic heterocycles. The molecule has 3 aromatic carbocycles. The van der Waals surface area contributed by atoms with E-state index < -0.39 is 0 Å². The second kappa shape index (κ2) is 14.9. The van der Waals surface area contributed by atoms with Crippen LogP contribution in [0.1, 0.15) is 30.0 Å². The van der Waals surface area contributed by atoms with E-state index >= 15 is 0 Å². The lowest BCUT2D eigenvalue weighted by Crippen LogP contribution is -2.14. The van der Waals surface area contributed by atoms with E-state index in [-0.39, 0.29) is 31.2 Å². The first kappa shape index (κ1) is 25.3. The standard InChI is InChI=1S/C13H16O3.2C7H8O/c1-10-7-12(16-13(10)14)9-15-8-11-5-3-2-4-6-11;2*8-6-7-4-2-1-3-5-7/h2-6,10,12H,7-9H2,1H3;2*1-5,8H,6H2. The molecule has 0 aliphatic carbocycles. The molecule has 0 spiro atoms. The third-order valence-corrected chi connectivity index (χ3v) is 4.77. The Bertz CT molecular complexity index is 829. The van der Waals surface area contributed by atoms with Crippen LogP contribution in [0.15, 0.2) is 91.0 Å². The number of carbonyl (C=O) groups is 1. The summed E-state index contributed by atoms with van der Waals surface area (Å²) in [4.78, 5) is 11.1. The summed E-state index contributed by atoms with van der Waals surface area (Å²) in [5.41, 5.74) is 3.07. The van der Waals surface area contributed by atoms with E-state index in [4.69, 9.17) is 19.7 Å². The predicted molar refractivity (Wildman–Crippen MR) is 124 cm³/mol. The second-order valence-corrected chi connectivity index (χ2v) is 7.48. The molecule has 4 rings (SSSR count). The Balaban J connectivity index is 0.000000190. The summed E-state index contributed by atoms with van der Waals surface area (Å²) in [6.07, 6.45) is 0.708. The van der Waals surface area contributed by atoms with Gasteiger partial charge in [-0.1, -0.05) is 97.9 Å². The molecule has 0 bridgehead atoms. The van der Waals surface area contributed by atoms with Gasteiger partial charge in [-0.25, -0.2) is 0 Å². The molecular formula is C27H32O5. The lowest BCUT2D eigenvalue weighted by atomic mass is 10.1. The minimum absolute atomic E-state index is 0.0188. The summed E-state index contributed by atoms with van der Waals surface area (Å²) in [5, 5.41) is 17.1. The summed E-state index contributed by atoms with van der Waals surface area (Å²) in [6.45, 7) is 3.23. The molecule has 3 aromatic rings. The maximum absolute atomic E-state index is 11.1. The van der Waals surface area contributed by atoms with Crippen LogP contribution in [0.5, 0.6) is 0 Å². The van der Waals surface area contributed by atoms with Gasteiger partial charge in [-0.15, -0.1) is 0 Å². The highest BCUT2D eigenvalue weighted by atomic mass is 16.6. The van der Waals surface area contributed by atoms with Crippen LogP contribution in [0.25, 0.3) is 0 Å². The number of aliphatic hydroxyl groups is 2. The molecule has 1 fully saturated rings. The van der Waals surface area contributed by atoms with E-state index in [1.165, 1.54) is 0 Å². The SMILES string of the molecule is CC1CC(COCc2ccccc2)OC1=O.OCc1ccccc1.OCc1ccccc1. The van der Waals surface area contributed by atoms with Crippen molar-refractivity contribution in [1.82, 2.24) is 0 Å². The van der Waals surface area contributed by atoms with Crippen molar-refractivity contribution >= 4 is 5.97 Å². The van der Waals surface area contributed by atoms with Gasteiger partial charge in [0.2, 0.25) is 0 Å². The third-order valence-electron chi connectivity index (χ3n) is 4.77. The lowest BCUT2D eigenvalue weighted by Gasteiger charge is -2.09. The molecule has 0 amide bonds. The van der Waals surface area contributed by atoms with E-state index in [0.717, 1.165) is 23.1 Å². The Kier molecular flexibility index (Phi) is 11.8. The van der Waals surface area contributed by atoms with Crippen molar-refractivity contribution in [2.24, 2.45) is 5.92 Å². The van der Waals surface area contributed by atoms with Gasteiger partial charge in [0.05, 0.1) is 32.3 Å². The van der Waals surface area contributed by atoms with Crippen LogP contribution in [0.3, 0.4) is 0 Å². The van der Waals surface area contributed by atoms with E-state index in [2.05, 4.69) is 0 Å². The van der Waals surface area contributed by atoms with Crippen molar-refractivity contribution in [2.75, 3.05) is 6.61 Å². The summed E-state index contributed by atoms with van der Waals surface area (Å²) in [5.74, 6) is -0.0846. The Hall–Kier alpha value is -2.99. The Labute approximate surface area is 190 Å². The summed E-state index contributed by atoms with van der Waals surface area (Å²) < 4.78 is 10.7. The number of carbonyl (C=O) groups excluding carboxylic acids is 1. The first-order chi connectivity index (χ1) is 15.6. The Morgan fingerprint density at radius 2 is 1.22 bits per heavy atom. The molecule has 1 aliphatic rings. The molecule has 0 saturated carbocycles. The zero-order valence-electron chi connectivity index (χ0n) is 18.5. The number of ether oxygens (including phenoxy) is 2. The van der Waals surface area contributed by atoms with Crippen LogP contribution < -0.4 is 0 Å². The maximum Gasteiger partial charge on any atom is 0.309 e. The van der Waals surface area contributed by atoms with Crippen molar-refractivity contribution in [1.29, 1.82) is 0 Å². The van der Waals surface area contributed by atoms with Crippen LogP contribution in [0.4, 0.5) is 0 Å². The number of hydrogen-bond donors (Lipinski definition) is 2. The Morgan fingerprint density at radius 1 is 0.781 bits per heavy atom. The van der Waals surface area contributed by atoms with Crippen molar-refractivity contribution in [3.05, 3.63) is 108 Å². The van der Waals surface area contributed by atoms with Crippen molar-refractivity contribution in [3.63, 3.8) is 0 Å². The van der Waals surface area contributed by atoms with Crippen LogP contribution in [-0.4, -0.2) is 28.9 Å². The maximum atomic E-state index is 11.1. The van der Waals surface area contributed by atoms with Crippen molar-refractivity contribution < 1.29 is 24.5 Å². The molecule has 5 nitrogen and oxygen atoms in total. The molecule has 2 unspecified atom stereocenters. The third kappa shape index (κ3) is 9.88. The fourth-order valence-electron chi connectivity index (χ4n) is 2.97. The minimum atomic E-state index is -0.103. The highest BCUT2D eigenvalue weighted by Gasteiger charge is 2.30. The van der Waals surface area contributed by atoms with Gasteiger partial charge < -0.3 is 19.7 Å². The zero-order valence-corrected chi connectivity index (χ0v) is 18.5. The van der Waals surface area contributed by atoms with Crippen molar-refractivity contribution in [3.8, 4) is 0 Å². The van der Waals surface area contributed by atoms with E-state index in [9.17, 15) is 4.79 Å².